The quantitative estimate of drug-likeness (QED) is 0.260. The maximum absolute atomic E-state index is 5.19. The van der Waals surface area contributed by atoms with Crippen molar-refractivity contribution < 1.29 is 4.74 Å². The molecule has 160 valence electrons. The van der Waals surface area contributed by atoms with Gasteiger partial charge < -0.3 is 20.4 Å². The first-order valence-corrected chi connectivity index (χ1v) is 10.4. The highest BCUT2D eigenvalue weighted by atomic mass is 16.5. The minimum atomic E-state index is 0.408. The molecule has 0 spiro atoms. The fraction of sp³-hybridized carbons (Fsp3) is 0.261. The van der Waals surface area contributed by atoms with Gasteiger partial charge in [0.25, 0.3) is 0 Å². The van der Waals surface area contributed by atoms with E-state index in [9.17, 15) is 0 Å². The molecule has 2 aromatic carbocycles. The average Bonchev–Trinajstić information content (AvgIpc) is 3.45. The number of guanidine groups is 1. The molecule has 4 rings (SSSR count). The number of nitrogens with zero attached hydrogens (tertiary/aromatic N) is 3. The van der Waals surface area contributed by atoms with Gasteiger partial charge in [-0.3, -0.25) is 5.10 Å². The first-order valence-electron chi connectivity index (χ1n) is 10.4. The third-order valence-electron chi connectivity index (χ3n) is 4.97. The SMILES string of the molecule is CCNC(=NCc1nc(-c2ccc(OC)cc2)n[nH]1)NCCc1c[nH]c2ccccc12. The van der Waals surface area contributed by atoms with Gasteiger partial charge in [0.15, 0.2) is 11.8 Å². The molecular formula is C23H27N7O. The summed E-state index contributed by atoms with van der Waals surface area (Å²) in [5.41, 5.74) is 3.38. The number of H-pyrrole nitrogens is 2. The van der Waals surface area contributed by atoms with E-state index in [1.165, 1.54) is 10.9 Å². The minimum absolute atomic E-state index is 0.408. The second-order valence-electron chi connectivity index (χ2n) is 7.07. The Hall–Kier alpha value is -3.81. The van der Waals surface area contributed by atoms with Crippen molar-refractivity contribution in [3.8, 4) is 17.1 Å². The first-order chi connectivity index (χ1) is 15.3. The molecule has 31 heavy (non-hydrogen) atoms. The molecule has 0 amide bonds. The maximum Gasteiger partial charge on any atom is 0.191 e. The van der Waals surface area contributed by atoms with Gasteiger partial charge in [0.2, 0.25) is 0 Å². The lowest BCUT2D eigenvalue weighted by Gasteiger charge is -2.10. The third-order valence-corrected chi connectivity index (χ3v) is 4.97. The predicted molar refractivity (Wildman–Crippen MR) is 123 cm³/mol. The molecule has 4 aromatic rings. The summed E-state index contributed by atoms with van der Waals surface area (Å²) >= 11 is 0. The largest absolute Gasteiger partial charge is 0.497 e. The lowest BCUT2D eigenvalue weighted by atomic mass is 10.1. The highest BCUT2D eigenvalue weighted by Gasteiger charge is 2.07. The number of nitrogens with one attached hydrogen (secondary N) is 4. The number of ether oxygens (including phenoxy) is 1. The van der Waals surface area contributed by atoms with E-state index in [4.69, 9.17) is 4.74 Å². The second kappa shape index (κ2) is 9.80. The number of hydrogen-bond donors (Lipinski definition) is 4. The van der Waals surface area contributed by atoms with Gasteiger partial charge in [-0.05, 0) is 49.2 Å². The lowest BCUT2D eigenvalue weighted by Crippen LogP contribution is -2.38. The van der Waals surface area contributed by atoms with Gasteiger partial charge in [0.1, 0.15) is 18.1 Å². The van der Waals surface area contributed by atoms with E-state index in [0.717, 1.165) is 42.3 Å². The highest BCUT2D eigenvalue weighted by Crippen LogP contribution is 2.19. The molecule has 0 aliphatic heterocycles. The van der Waals surface area contributed by atoms with Gasteiger partial charge >= 0.3 is 0 Å². The van der Waals surface area contributed by atoms with E-state index in [1.54, 1.807) is 7.11 Å². The molecule has 8 heteroatoms. The Kier molecular flexibility index (Phi) is 6.47. The second-order valence-corrected chi connectivity index (χ2v) is 7.07. The minimum Gasteiger partial charge on any atom is -0.497 e. The summed E-state index contributed by atoms with van der Waals surface area (Å²) in [5, 5.41) is 15.2. The van der Waals surface area contributed by atoms with Crippen molar-refractivity contribution in [1.29, 1.82) is 0 Å². The molecule has 0 bridgehead atoms. The van der Waals surface area contributed by atoms with Gasteiger partial charge in [0, 0.05) is 35.8 Å². The summed E-state index contributed by atoms with van der Waals surface area (Å²) in [6.07, 6.45) is 2.98. The van der Waals surface area contributed by atoms with Crippen LogP contribution in [0.4, 0.5) is 0 Å². The van der Waals surface area contributed by atoms with Crippen molar-refractivity contribution in [3.63, 3.8) is 0 Å². The van der Waals surface area contributed by atoms with Gasteiger partial charge in [0.05, 0.1) is 7.11 Å². The Morgan fingerprint density at radius 1 is 1.10 bits per heavy atom. The monoisotopic (exact) mass is 417 g/mol. The number of rotatable bonds is 8. The van der Waals surface area contributed by atoms with Crippen LogP contribution in [0, 0.1) is 0 Å². The van der Waals surface area contributed by atoms with Gasteiger partial charge in [-0.15, -0.1) is 0 Å². The molecule has 0 fully saturated rings. The summed E-state index contributed by atoms with van der Waals surface area (Å²) in [4.78, 5) is 12.5. The molecule has 2 aromatic heterocycles. The standard InChI is InChI=1S/C23H27N7O/c1-3-24-23(25-13-12-17-14-26-20-7-5-4-6-19(17)20)27-15-21-28-22(30-29-21)16-8-10-18(31-2)11-9-16/h4-11,14,26H,3,12-13,15H2,1-2H3,(H2,24,25,27)(H,28,29,30). The van der Waals surface area contributed by atoms with Crippen LogP contribution in [0.5, 0.6) is 5.75 Å². The molecule has 0 saturated carbocycles. The Morgan fingerprint density at radius 2 is 1.94 bits per heavy atom. The van der Waals surface area contributed by atoms with Crippen LogP contribution in [0.1, 0.15) is 18.3 Å². The van der Waals surface area contributed by atoms with Gasteiger partial charge in [-0.25, -0.2) is 9.98 Å². The van der Waals surface area contributed by atoms with Gasteiger partial charge in [-0.1, -0.05) is 18.2 Å². The number of aromatic amines is 2. The van der Waals surface area contributed by atoms with Crippen LogP contribution in [-0.4, -0.2) is 46.3 Å². The molecule has 0 aliphatic carbocycles. The van der Waals surface area contributed by atoms with Crippen molar-refractivity contribution in [2.75, 3.05) is 20.2 Å². The molecule has 0 aliphatic rings. The normalized spacial score (nSPS) is 11.6. The number of methoxy groups -OCH3 is 1. The molecule has 4 N–H and O–H groups in total. The van der Waals surface area contributed by atoms with Crippen LogP contribution in [0.2, 0.25) is 0 Å². The molecule has 0 unspecified atom stereocenters. The number of benzene rings is 2. The molecule has 8 nitrogen and oxygen atoms in total. The fourth-order valence-electron chi connectivity index (χ4n) is 3.38. The summed E-state index contributed by atoms with van der Waals surface area (Å²) in [5.74, 6) is 2.91. The smallest absolute Gasteiger partial charge is 0.191 e. The number of para-hydroxylation sites is 1. The van der Waals surface area contributed by atoms with E-state index < -0.39 is 0 Å². The summed E-state index contributed by atoms with van der Waals surface area (Å²) in [6.45, 7) is 4.02. The summed E-state index contributed by atoms with van der Waals surface area (Å²) in [7, 11) is 1.65. The van der Waals surface area contributed by atoms with Crippen LogP contribution in [0.25, 0.3) is 22.3 Å². The van der Waals surface area contributed by atoms with E-state index in [2.05, 4.69) is 60.2 Å². The summed E-state index contributed by atoms with van der Waals surface area (Å²) < 4.78 is 5.19. The van der Waals surface area contributed by atoms with Crippen LogP contribution in [-0.2, 0) is 13.0 Å². The highest BCUT2D eigenvalue weighted by molar-refractivity contribution is 5.83. The van der Waals surface area contributed by atoms with E-state index >= 15 is 0 Å². The van der Waals surface area contributed by atoms with Crippen molar-refractivity contribution in [2.45, 2.75) is 19.9 Å². The Balaban J connectivity index is 1.35. The van der Waals surface area contributed by atoms with E-state index in [1.807, 2.05) is 37.3 Å². The Labute approximate surface area is 181 Å². The van der Waals surface area contributed by atoms with Crippen LogP contribution in [0.15, 0.2) is 59.7 Å². The molecule has 0 saturated heterocycles. The summed E-state index contributed by atoms with van der Waals surface area (Å²) in [6, 6.07) is 16.0. The van der Waals surface area contributed by atoms with Crippen molar-refractivity contribution >= 4 is 16.9 Å². The molecule has 0 radical (unpaired) electrons. The number of hydrogen-bond acceptors (Lipinski definition) is 4. The third kappa shape index (κ3) is 5.03. The predicted octanol–water partition coefficient (Wildman–Crippen LogP) is 3.26. The fourth-order valence-corrected chi connectivity index (χ4v) is 3.38. The number of aliphatic imine (C=N–C) groups is 1. The van der Waals surface area contributed by atoms with Crippen LogP contribution >= 0.6 is 0 Å². The van der Waals surface area contributed by atoms with Gasteiger partial charge in [-0.2, -0.15) is 5.10 Å². The number of fused-ring (bicyclic) bond motifs is 1. The average molecular weight is 418 g/mol. The van der Waals surface area contributed by atoms with Crippen molar-refractivity contribution in [1.82, 2.24) is 30.8 Å². The first kappa shape index (κ1) is 20.5. The molecule has 0 atom stereocenters. The van der Waals surface area contributed by atoms with E-state index in [0.29, 0.717) is 18.2 Å². The Morgan fingerprint density at radius 3 is 2.74 bits per heavy atom. The topological polar surface area (TPSA) is 103 Å². The van der Waals surface area contributed by atoms with Crippen molar-refractivity contribution in [3.05, 3.63) is 66.1 Å². The van der Waals surface area contributed by atoms with Crippen LogP contribution in [0.3, 0.4) is 0 Å². The zero-order valence-electron chi connectivity index (χ0n) is 17.8. The maximum atomic E-state index is 5.19. The zero-order valence-corrected chi connectivity index (χ0v) is 17.8. The number of aromatic nitrogens is 4. The Bertz CT molecular complexity index is 1140. The van der Waals surface area contributed by atoms with Crippen LogP contribution < -0.4 is 15.4 Å². The molecular weight excluding hydrogens is 390 g/mol. The lowest BCUT2D eigenvalue weighted by molar-refractivity contribution is 0.415. The van der Waals surface area contributed by atoms with E-state index in [-0.39, 0.29) is 0 Å². The zero-order chi connectivity index (χ0) is 21.5. The molecule has 2 heterocycles. The van der Waals surface area contributed by atoms with Crippen molar-refractivity contribution in [2.24, 2.45) is 4.99 Å².